The van der Waals surface area contributed by atoms with E-state index in [1.807, 2.05) is 66.7 Å². The maximum atomic E-state index is 14.3. The highest BCUT2D eigenvalue weighted by molar-refractivity contribution is 7.46. The number of aromatic nitrogens is 3. The van der Waals surface area contributed by atoms with Gasteiger partial charge in [-0.15, -0.1) is 0 Å². The van der Waals surface area contributed by atoms with E-state index in [0.717, 1.165) is 12.6 Å². The molecule has 2 aromatic rings. The first kappa shape index (κ1) is 55.5. The van der Waals surface area contributed by atoms with Crippen LogP contribution in [0.2, 0.25) is 0 Å². The molecule has 0 aliphatic carbocycles. The van der Waals surface area contributed by atoms with Crippen LogP contribution in [-0.2, 0) is 66.7 Å². The summed E-state index contributed by atoms with van der Waals surface area (Å²) >= 11 is 0. The van der Waals surface area contributed by atoms with Crippen molar-refractivity contribution in [3.05, 3.63) is 48.3 Å². The van der Waals surface area contributed by atoms with Crippen molar-refractivity contribution in [2.24, 2.45) is 11.7 Å². The Labute approximate surface area is 386 Å². The van der Waals surface area contributed by atoms with Gasteiger partial charge in [-0.1, -0.05) is 19.9 Å². The van der Waals surface area contributed by atoms with Gasteiger partial charge in [0, 0.05) is 43.3 Å². The monoisotopic (exact) mass is 951 g/mol. The lowest BCUT2D eigenvalue weighted by Gasteiger charge is -2.31. The van der Waals surface area contributed by atoms with Gasteiger partial charge < -0.3 is 60.8 Å². The SMILES string of the molecule is CC(C)C[C@H](NC(=O)[C@@H]1CCCN1C(=O)CCOC(C)(C)COC(C)(C)C)C(=O)N[C@@H](Cc1cncn1CCCc1ccccn1)C(=O)N[C@@H](CO)C(=O)N[C@H](C(N)=O)[C@@H](C)OP(=O)(O)O. The van der Waals surface area contributed by atoms with Gasteiger partial charge in [-0.3, -0.25) is 38.3 Å². The molecular formula is C43H70N9O13P. The van der Waals surface area contributed by atoms with Gasteiger partial charge in [-0.2, -0.15) is 0 Å². The number of carbonyl (C=O) groups is 6. The van der Waals surface area contributed by atoms with Gasteiger partial charge in [0.05, 0.1) is 49.9 Å². The van der Waals surface area contributed by atoms with Gasteiger partial charge in [0.25, 0.3) is 0 Å². The van der Waals surface area contributed by atoms with Crippen LogP contribution in [0.15, 0.2) is 36.9 Å². The quantitative estimate of drug-likeness (QED) is 0.0563. The van der Waals surface area contributed by atoms with Gasteiger partial charge in [0.15, 0.2) is 0 Å². The molecule has 2 aromatic heterocycles. The van der Waals surface area contributed by atoms with Crippen LogP contribution >= 0.6 is 7.82 Å². The van der Waals surface area contributed by atoms with E-state index in [0.29, 0.717) is 51.1 Å². The number of carbonyl (C=O) groups excluding carboxylic acids is 6. The number of nitrogens with two attached hydrogens (primary N) is 1. The number of primary amides is 1. The number of ether oxygens (including phenoxy) is 2. The molecule has 370 valence electrons. The third-order valence-corrected chi connectivity index (χ3v) is 11.1. The van der Waals surface area contributed by atoms with Crippen LogP contribution in [0.25, 0.3) is 0 Å². The van der Waals surface area contributed by atoms with Crippen LogP contribution in [0, 0.1) is 5.92 Å². The number of amides is 6. The minimum Gasteiger partial charge on any atom is -0.394 e. The van der Waals surface area contributed by atoms with Crippen LogP contribution < -0.4 is 27.0 Å². The summed E-state index contributed by atoms with van der Waals surface area (Å²) in [7, 11) is -5.13. The van der Waals surface area contributed by atoms with E-state index in [9.17, 15) is 48.2 Å². The molecule has 23 heteroatoms. The van der Waals surface area contributed by atoms with E-state index in [2.05, 4.69) is 35.8 Å². The average Bonchev–Trinajstić information content (AvgIpc) is 3.90. The Kier molecular flexibility index (Phi) is 21.3. The second-order valence-electron chi connectivity index (χ2n) is 18.4. The zero-order valence-corrected chi connectivity index (χ0v) is 40.1. The maximum Gasteiger partial charge on any atom is 0.469 e. The van der Waals surface area contributed by atoms with Gasteiger partial charge in [-0.05, 0) is 91.7 Å². The van der Waals surface area contributed by atoms with E-state index in [1.165, 1.54) is 11.1 Å². The molecule has 0 aromatic carbocycles. The molecule has 1 aliphatic rings. The minimum atomic E-state index is -5.13. The molecule has 0 unspecified atom stereocenters. The van der Waals surface area contributed by atoms with E-state index >= 15 is 0 Å². The zero-order chi connectivity index (χ0) is 49.4. The number of phosphoric acid groups is 1. The first-order valence-corrected chi connectivity index (χ1v) is 23.6. The van der Waals surface area contributed by atoms with Crippen molar-refractivity contribution >= 4 is 43.3 Å². The predicted octanol–water partition coefficient (Wildman–Crippen LogP) is 0.406. The summed E-state index contributed by atoms with van der Waals surface area (Å²) in [4.78, 5) is 110. The lowest BCUT2D eigenvalue weighted by atomic mass is 10.0. The number of likely N-dealkylation sites (tertiary alicyclic amines) is 1. The standard InChI is InChI=1S/C43H70N9O13P/c1-27(2)21-31(48-41(59)34-15-12-19-52(34)35(54)16-20-63-43(7,8)25-64-42(4,5)6)38(56)47-32(22-30-23-45-26-51(30)18-11-14-29-13-9-10-17-46-29)39(57)49-33(24-53)40(58)50-36(37(44)55)28(3)65-66(60,61)62/h9-10,13,17,23,26-28,31-34,36,53H,11-12,14-16,18-22,24-25H2,1-8H3,(H2,44,55)(H,47,56)(H,48,59)(H,49,57)(H,50,58)(H2,60,61,62)/t28-,31+,32+,33+,34+,36+/m1/s1. The van der Waals surface area contributed by atoms with Crippen molar-refractivity contribution in [2.75, 3.05) is 26.4 Å². The Bertz CT molecular complexity index is 1970. The molecule has 0 bridgehead atoms. The molecule has 6 amide bonds. The molecule has 3 rings (SSSR count). The number of nitrogens with zero attached hydrogens (tertiary/aromatic N) is 4. The first-order chi connectivity index (χ1) is 30.8. The van der Waals surface area contributed by atoms with Crippen LogP contribution in [0.4, 0.5) is 0 Å². The Morgan fingerprint density at radius 1 is 0.939 bits per heavy atom. The molecule has 0 spiro atoms. The Morgan fingerprint density at radius 2 is 1.61 bits per heavy atom. The third-order valence-electron chi connectivity index (χ3n) is 10.5. The van der Waals surface area contributed by atoms with Gasteiger partial charge in [0.1, 0.15) is 30.2 Å². The van der Waals surface area contributed by atoms with E-state index in [4.69, 9.17) is 15.2 Å². The van der Waals surface area contributed by atoms with Gasteiger partial charge >= 0.3 is 7.82 Å². The number of aliphatic hydroxyl groups is 1. The zero-order valence-electron chi connectivity index (χ0n) is 39.2. The molecule has 3 heterocycles. The number of aliphatic hydroxyl groups excluding tert-OH is 1. The number of imidazole rings is 1. The van der Waals surface area contributed by atoms with Crippen LogP contribution in [-0.4, -0.2) is 144 Å². The fourth-order valence-electron chi connectivity index (χ4n) is 7.10. The number of pyridine rings is 1. The highest BCUT2D eigenvalue weighted by Crippen LogP contribution is 2.38. The van der Waals surface area contributed by atoms with E-state index in [-0.39, 0.29) is 43.3 Å². The summed E-state index contributed by atoms with van der Waals surface area (Å²) in [5.41, 5.74) is 5.72. The average molecular weight is 952 g/mol. The predicted molar refractivity (Wildman–Crippen MR) is 240 cm³/mol. The van der Waals surface area contributed by atoms with Gasteiger partial charge in [-0.25, -0.2) is 9.55 Å². The fraction of sp³-hybridized carbons (Fsp3) is 0.674. The second kappa shape index (κ2) is 25.3. The number of phosphoric ester groups is 1. The smallest absolute Gasteiger partial charge is 0.394 e. The number of rotatable bonds is 27. The molecule has 0 saturated carbocycles. The number of aryl methyl sites for hydroxylation is 2. The molecule has 22 nitrogen and oxygen atoms in total. The maximum absolute atomic E-state index is 14.3. The number of nitrogens with one attached hydrogen (secondary N) is 4. The molecule has 0 radical (unpaired) electrons. The lowest BCUT2D eigenvalue weighted by molar-refractivity contribution is -0.143. The normalized spacial score (nSPS) is 16.8. The number of hydrogen-bond donors (Lipinski definition) is 8. The minimum absolute atomic E-state index is 0.0192. The van der Waals surface area contributed by atoms with E-state index in [1.54, 1.807) is 17.1 Å². The molecule has 9 N–H and O–H groups in total. The molecule has 1 fully saturated rings. The van der Waals surface area contributed by atoms with Crippen LogP contribution in [0.5, 0.6) is 0 Å². The summed E-state index contributed by atoms with van der Waals surface area (Å²) in [5.74, 6) is -5.05. The largest absolute Gasteiger partial charge is 0.469 e. The highest BCUT2D eigenvalue weighted by atomic mass is 31.2. The summed E-state index contributed by atoms with van der Waals surface area (Å²) < 4.78 is 29.6. The summed E-state index contributed by atoms with van der Waals surface area (Å²) in [5, 5.41) is 20.3. The van der Waals surface area contributed by atoms with Crippen molar-refractivity contribution in [3.8, 4) is 0 Å². The van der Waals surface area contributed by atoms with Crippen molar-refractivity contribution in [3.63, 3.8) is 0 Å². The third kappa shape index (κ3) is 19.2. The van der Waals surface area contributed by atoms with Crippen molar-refractivity contribution in [1.29, 1.82) is 0 Å². The first-order valence-electron chi connectivity index (χ1n) is 22.1. The fourth-order valence-corrected chi connectivity index (χ4v) is 7.66. The Morgan fingerprint density at radius 3 is 2.21 bits per heavy atom. The van der Waals surface area contributed by atoms with E-state index < -0.39 is 85.9 Å². The summed E-state index contributed by atoms with van der Waals surface area (Å²) in [6.45, 7) is 14.5. The molecule has 1 aliphatic heterocycles. The summed E-state index contributed by atoms with van der Waals surface area (Å²) in [6, 6.07) is -1.44. The molecule has 66 heavy (non-hydrogen) atoms. The molecule has 6 atom stereocenters. The lowest BCUT2D eigenvalue weighted by Crippen LogP contribution is -2.61. The Hall–Kier alpha value is -4.83. The van der Waals surface area contributed by atoms with Crippen LogP contribution in [0.3, 0.4) is 0 Å². The molecular weight excluding hydrogens is 881 g/mol. The highest BCUT2D eigenvalue weighted by Gasteiger charge is 2.38. The summed E-state index contributed by atoms with van der Waals surface area (Å²) in [6.07, 6.45) is 5.32. The molecule has 1 saturated heterocycles. The van der Waals surface area contributed by atoms with Crippen molar-refractivity contribution < 1.29 is 62.2 Å². The Balaban J connectivity index is 1.82. The number of hydrogen-bond acceptors (Lipinski definition) is 13. The topological polar surface area (TPSA) is 316 Å². The van der Waals surface area contributed by atoms with Crippen molar-refractivity contribution in [1.82, 2.24) is 40.7 Å². The van der Waals surface area contributed by atoms with Gasteiger partial charge in [0.2, 0.25) is 35.4 Å². The second-order valence-corrected chi connectivity index (χ2v) is 19.6. The van der Waals surface area contributed by atoms with Crippen molar-refractivity contribution in [2.45, 2.75) is 154 Å². The van der Waals surface area contributed by atoms with Crippen LogP contribution in [0.1, 0.15) is 98.9 Å².